The number of halogens is 2. The maximum absolute atomic E-state index is 13.7. The van der Waals surface area contributed by atoms with Crippen LogP contribution in [-0.4, -0.2) is 16.0 Å². The highest BCUT2D eigenvalue weighted by Crippen LogP contribution is 2.23. The van der Waals surface area contributed by atoms with E-state index in [0.29, 0.717) is 0 Å². The zero-order valence-electron chi connectivity index (χ0n) is 10.6. The van der Waals surface area contributed by atoms with Gasteiger partial charge in [-0.2, -0.15) is 0 Å². The second-order valence-electron chi connectivity index (χ2n) is 4.14. The maximum Gasteiger partial charge on any atom is 0.259 e. The summed E-state index contributed by atoms with van der Waals surface area (Å²) >= 11 is 4.74. The first-order valence-electron chi connectivity index (χ1n) is 5.78. The number of hydrogen-bond acceptors (Lipinski definition) is 3. The normalized spacial score (nSPS) is 10.2. The fourth-order valence-electron chi connectivity index (χ4n) is 1.77. The SMILES string of the molecule is NC(=S)c1c(F)cccc1NC(=O)c1ccc(F)cc1O. The molecule has 0 radical (unpaired) electrons. The van der Waals surface area contributed by atoms with Gasteiger partial charge in [-0.3, -0.25) is 4.79 Å². The van der Waals surface area contributed by atoms with Gasteiger partial charge < -0.3 is 16.2 Å². The summed E-state index contributed by atoms with van der Waals surface area (Å²) in [5, 5.41) is 11.9. The molecule has 0 aromatic heterocycles. The fourth-order valence-corrected chi connectivity index (χ4v) is 1.97. The van der Waals surface area contributed by atoms with E-state index in [2.05, 4.69) is 5.32 Å². The molecule has 2 rings (SSSR count). The summed E-state index contributed by atoms with van der Waals surface area (Å²) in [5.41, 5.74) is 5.22. The van der Waals surface area contributed by atoms with Gasteiger partial charge in [0.05, 0.1) is 16.8 Å². The summed E-state index contributed by atoms with van der Waals surface area (Å²) in [6, 6.07) is 6.87. The Bertz CT molecular complexity index is 735. The number of carbonyl (C=O) groups is 1. The van der Waals surface area contributed by atoms with Crippen LogP contribution in [0.2, 0.25) is 0 Å². The first kappa shape index (κ1) is 14.9. The number of rotatable bonds is 3. The lowest BCUT2D eigenvalue weighted by Gasteiger charge is -2.11. The van der Waals surface area contributed by atoms with E-state index in [0.717, 1.165) is 24.3 Å². The van der Waals surface area contributed by atoms with Gasteiger partial charge in [0.1, 0.15) is 22.4 Å². The van der Waals surface area contributed by atoms with E-state index in [1.807, 2.05) is 0 Å². The number of nitrogens with two attached hydrogens (primary N) is 1. The molecule has 0 aliphatic heterocycles. The zero-order valence-corrected chi connectivity index (χ0v) is 11.4. The Morgan fingerprint density at radius 1 is 1.24 bits per heavy atom. The molecule has 7 heteroatoms. The van der Waals surface area contributed by atoms with Crippen LogP contribution in [0.5, 0.6) is 5.75 Å². The Kier molecular flexibility index (Phi) is 4.13. The number of phenolic OH excluding ortho intramolecular Hbond substituents is 1. The molecule has 1 amide bonds. The standard InChI is InChI=1S/C14H10F2N2O2S/c15-7-4-5-8(11(19)6-7)14(20)18-10-3-1-2-9(16)12(10)13(17)21/h1-6,19H,(H2,17,21)(H,18,20). The summed E-state index contributed by atoms with van der Waals surface area (Å²) in [5.74, 6) is -2.63. The predicted octanol–water partition coefficient (Wildman–Crippen LogP) is 2.56. The van der Waals surface area contributed by atoms with Crippen LogP contribution in [0.4, 0.5) is 14.5 Å². The number of hydrogen-bond donors (Lipinski definition) is 3. The minimum absolute atomic E-state index is 0.0659. The summed E-state index contributed by atoms with van der Waals surface area (Å²) in [6.07, 6.45) is 0. The van der Waals surface area contributed by atoms with Crippen LogP contribution in [0.3, 0.4) is 0 Å². The fraction of sp³-hybridized carbons (Fsp3) is 0. The van der Waals surface area contributed by atoms with Crippen molar-refractivity contribution in [3.8, 4) is 5.75 Å². The third kappa shape index (κ3) is 3.14. The largest absolute Gasteiger partial charge is 0.507 e. The molecule has 0 fully saturated rings. The number of carbonyl (C=O) groups excluding carboxylic acids is 1. The van der Waals surface area contributed by atoms with E-state index in [-0.39, 0.29) is 21.8 Å². The molecule has 2 aromatic carbocycles. The highest BCUT2D eigenvalue weighted by atomic mass is 32.1. The van der Waals surface area contributed by atoms with Gasteiger partial charge in [-0.1, -0.05) is 18.3 Å². The molecule has 0 atom stereocenters. The van der Waals surface area contributed by atoms with Crippen LogP contribution in [0.1, 0.15) is 15.9 Å². The van der Waals surface area contributed by atoms with E-state index in [1.165, 1.54) is 12.1 Å². The molecule has 0 saturated carbocycles. The molecule has 21 heavy (non-hydrogen) atoms. The molecular formula is C14H10F2N2O2S. The topological polar surface area (TPSA) is 75.3 Å². The second-order valence-corrected chi connectivity index (χ2v) is 4.58. The van der Waals surface area contributed by atoms with Crippen molar-refractivity contribution in [3.05, 3.63) is 59.2 Å². The van der Waals surface area contributed by atoms with E-state index < -0.39 is 23.3 Å². The lowest BCUT2D eigenvalue weighted by Crippen LogP contribution is -2.19. The van der Waals surface area contributed by atoms with Gasteiger partial charge in [0.25, 0.3) is 5.91 Å². The minimum Gasteiger partial charge on any atom is -0.507 e. The quantitative estimate of drug-likeness (QED) is 0.762. The Labute approximate surface area is 124 Å². The van der Waals surface area contributed by atoms with Crippen molar-refractivity contribution in [2.75, 3.05) is 5.32 Å². The smallest absolute Gasteiger partial charge is 0.259 e. The molecule has 0 heterocycles. The van der Waals surface area contributed by atoms with Crippen LogP contribution in [0.15, 0.2) is 36.4 Å². The minimum atomic E-state index is -0.740. The number of aromatic hydroxyl groups is 1. The van der Waals surface area contributed by atoms with E-state index >= 15 is 0 Å². The van der Waals surface area contributed by atoms with Crippen molar-refractivity contribution in [2.24, 2.45) is 5.73 Å². The second kappa shape index (κ2) is 5.84. The van der Waals surface area contributed by atoms with Gasteiger partial charge in [-0.25, -0.2) is 8.78 Å². The highest BCUT2D eigenvalue weighted by Gasteiger charge is 2.16. The molecule has 0 aliphatic rings. The molecule has 4 nitrogen and oxygen atoms in total. The van der Waals surface area contributed by atoms with Crippen molar-refractivity contribution >= 4 is 28.8 Å². The maximum atomic E-state index is 13.7. The van der Waals surface area contributed by atoms with E-state index in [9.17, 15) is 18.7 Å². The number of anilines is 1. The van der Waals surface area contributed by atoms with Gasteiger partial charge >= 0.3 is 0 Å². The first-order chi connectivity index (χ1) is 9.90. The summed E-state index contributed by atoms with van der Waals surface area (Å²) in [6.45, 7) is 0. The van der Waals surface area contributed by atoms with Crippen molar-refractivity contribution < 1.29 is 18.7 Å². The Morgan fingerprint density at radius 3 is 2.57 bits per heavy atom. The lowest BCUT2D eigenvalue weighted by molar-refractivity contribution is 0.102. The molecule has 108 valence electrons. The lowest BCUT2D eigenvalue weighted by atomic mass is 10.1. The van der Waals surface area contributed by atoms with Gasteiger partial charge in [0, 0.05) is 6.07 Å². The molecule has 0 spiro atoms. The average molecular weight is 308 g/mol. The summed E-state index contributed by atoms with van der Waals surface area (Å²) in [7, 11) is 0. The summed E-state index contributed by atoms with van der Waals surface area (Å²) < 4.78 is 26.6. The monoisotopic (exact) mass is 308 g/mol. The Hall–Kier alpha value is -2.54. The van der Waals surface area contributed by atoms with E-state index in [1.54, 1.807) is 0 Å². The number of benzene rings is 2. The van der Waals surface area contributed by atoms with E-state index in [4.69, 9.17) is 18.0 Å². The van der Waals surface area contributed by atoms with Crippen LogP contribution in [0.25, 0.3) is 0 Å². The molecule has 0 bridgehead atoms. The molecule has 2 aromatic rings. The van der Waals surface area contributed by atoms with Crippen LogP contribution in [-0.2, 0) is 0 Å². The van der Waals surface area contributed by atoms with Gasteiger partial charge in [-0.15, -0.1) is 0 Å². The first-order valence-corrected chi connectivity index (χ1v) is 6.19. The Balaban J connectivity index is 2.36. The zero-order chi connectivity index (χ0) is 15.6. The van der Waals surface area contributed by atoms with Crippen LogP contribution < -0.4 is 11.1 Å². The molecule has 0 saturated heterocycles. The third-order valence-corrected chi connectivity index (χ3v) is 2.92. The van der Waals surface area contributed by atoms with Crippen molar-refractivity contribution in [3.63, 3.8) is 0 Å². The summed E-state index contributed by atoms with van der Waals surface area (Å²) in [4.78, 5) is 11.8. The van der Waals surface area contributed by atoms with Crippen molar-refractivity contribution in [1.29, 1.82) is 0 Å². The van der Waals surface area contributed by atoms with Gasteiger partial charge in [0.2, 0.25) is 0 Å². The van der Waals surface area contributed by atoms with Crippen LogP contribution in [0, 0.1) is 11.6 Å². The molecule has 0 unspecified atom stereocenters. The number of amides is 1. The van der Waals surface area contributed by atoms with Crippen molar-refractivity contribution in [2.45, 2.75) is 0 Å². The van der Waals surface area contributed by atoms with Crippen LogP contribution >= 0.6 is 12.2 Å². The van der Waals surface area contributed by atoms with Crippen molar-refractivity contribution in [1.82, 2.24) is 0 Å². The molecule has 0 aliphatic carbocycles. The predicted molar refractivity (Wildman–Crippen MR) is 78.3 cm³/mol. The highest BCUT2D eigenvalue weighted by molar-refractivity contribution is 7.80. The molecule has 4 N–H and O–H groups in total. The average Bonchev–Trinajstić information content (AvgIpc) is 2.37. The molecular weight excluding hydrogens is 298 g/mol. The number of thiocarbonyl (C=S) groups is 1. The third-order valence-electron chi connectivity index (χ3n) is 2.71. The van der Waals surface area contributed by atoms with Gasteiger partial charge in [0.15, 0.2) is 0 Å². The Morgan fingerprint density at radius 2 is 1.95 bits per heavy atom. The number of phenols is 1. The number of nitrogens with one attached hydrogen (secondary N) is 1. The van der Waals surface area contributed by atoms with Gasteiger partial charge in [-0.05, 0) is 24.3 Å².